The number of nitrogens with zero attached hydrogens (tertiary/aromatic N) is 2. The lowest BCUT2D eigenvalue weighted by Gasteiger charge is -2.18. The second kappa shape index (κ2) is 10.8. The molecule has 11 heteroatoms. The summed E-state index contributed by atoms with van der Waals surface area (Å²) in [5, 5.41) is 3.88. The largest absolute Gasteiger partial charge is 0.495 e. The van der Waals surface area contributed by atoms with Crippen molar-refractivity contribution in [1.29, 1.82) is 0 Å². The predicted molar refractivity (Wildman–Crippen MR) is 119 cm³/mol. The number of aryl methyl sites for hydroxylation is 1. The average molecular weight is 466 g/mol. The predicted octanol–water partition coefficient (Wildman–Crippen LogP) is 1.80. The molecule has 0 aliphatic heterocycles. The Kier molecular flexibility index (Phi) is 8.44. The number of amides is 1. The van der Waals surface area contributed by atoms with Crippen LogP contribution in [0.25, 0.3) is 0 Å². The number of hydrogen-bond donors (Lipinski definition) is 1. The number of carbonyl (C=O) groups is 1. The molecule has 0 radical (unpaired) electrons. The SMILES string of the molecule is COc1ccc(C)cc1S(=O)(=O)N(C)CC(=O)NN=Cc1cc(OC)c(OC)c(OC)c1. The van der Waals surface area contributed by atoms with Crippen molar-refractivity contribution in [3.63, 3.8) is 0 Å². The third-order valence-corrected chi connectivity index (χ3v) is 6.29. The Morgan fingerprint density at radius 1 is 1.00 bits per heavy atom. The monoisotopic (exact) mass is 465 g/mol. The van der Waals surface area contributed by atoms with Gasteiger partial charge in [0.05, 0.1) is 41.2 Å². The topological polar surface area (TPSA) is 116 Å². The summed E-state index contributed by atoms with van der Waals surface area (Å²) in [6.45, 7) is 1.33. The molecule has 0 aliphatic carbocycles. The van der Waals surface area contributed by atoms with Crippen molar-refractivity contribution in [2.24, 2.45) is 5.10 Å². The number of likely N-dealkylation sites (N-methyl/N-ethyl adjacent to an activating group) is 1. The Hall–Kier alpha value is -3.31. The maximum Gasteiger partial charge on any atom is 0.255 e. The molecule has 1 amide bonds. The fourth-order valence-electron chi connectivity index (χ4n) is 2.83. The quantitative estimate of drug-likeness (QED) is 0.420. The van der Waals surface area contributed by atoms with Gasteiger partial charge in [-0.3, -0.25) is 4.79 Å². The van der Waals surface area contributed by atoms with Gasteiger partial charge in [0.15, 0.2) is 11.5 Å². The van der Waals surface area contributed by atoms with Crippen molar-refractivity contribution in [1.82, 2.24) is 9.73 Å². The molecule has 0 fully saturated rings. The molecule has 10 nitrogen and oxygen atoms in total. The highest BCUT2D eigenvalue weighted by Gasteiger charge is 2.26. The average Bonchev–Trinajstić information content (AvgIpc) is 2.78. The van der Waals surface area contributed by atoms with Crippen LogP contribution in [0, 0.1) is 6.92 Å². The normalized spacial score (nSPS) is 11.5. The number of carbonyl (C=O) groups excluding carboxylic acids is 1. The molecule has 1 N–H and O–H groups in total. The van der Waals surface area contributed by atoms with E-state index in [0.29, 0.717) is 22.8 Å². The zero-order valence-corrected chi connectivity index (χ0v) is 19.6. The van der Waals surface area contributed by atoms with Crippen molar-refractivity contribution in [3.8, 4) is 23.0 Å². The van der Waals surface area contributed by atoms with Crippen LogP contribution in [0.5, 0.6) is 23.0 Å². The fraction of sp³-hybridized carbons (Fsp3) is 0.333. The minimum atomic E-state index is -3.95. The first-order valence-electron chi connectivity index (χ1n) is 9.40. The second-order valence-corrected chi connectivity index (χ2v) is 8.68. The maximum absolute atomic E-state index is 12.9. The minimum absolute atomic E-state index is 0.0174. The molecular formula is C21H27N3O7S. The number of benzene rings is 2. The second-order valence-electron chi connectivity index (χ2n) is 6.67. The van der Waals surface area contributed by atoms with E-state index in [2.05, 4.69) is 10.5 Å². The fourth-order valence-corrected chi connectivity index (χ4v) is 4.19. The summed E-state index contributed by atoms with van der Waals surface area (Å²) in [6.07, 6.45) is 1.38. The van der Waals surface area contributed by atoms with Crippen molar-refractivity contribution in [2.45, 2.75) is 11.8 Å². The summed E-state index contributed by atoms with van der Waals surface area (Å²) < 4.78 is 47.6. The molecule has 0 aromatic heterocycles. The zero-order chi connectivity index (χ0) is 23.9. The minimum Gasteiger partial charge on any atom is -0.495 e. The molecule has 0 atom stereocenters. The van der Waals surface area contributed by atoms with Crippen LogP contribution >= 0.6 is 0 Å². The zero-order valence-electron chi connectivity index (χ0n) is 18.8. The van der Waals surface area contributed by atoms with Crippen LogP contribution in [0.3, 0.4) is 0 Å². The van der Waals surface area contributed by atoms with Gasteiger partial charge in [-0.1, -0.05) is 6.07 Å². The van der Waals surface area contributed by atoms with Gasteiger partial charge < -0.3 is 18.9 Å². The van der Waals surface area contributed by atoms with Crippen LogP contribution in [-0.4, -0.2) is 66.9 Å². The molecule has 0 unspecified atom stereocenters. The van der Waals surface area contributed by atoms with E-state index in [4.69, 9.17) is 18.9 Å². The number of hydrogen-bond acceptors (Lipinski definition) is 8. The summed E-state index contributed by atoms with van der Waals surface area (Å²) >= 11 is 0. The molecule has 0 saturated heterocycles. The van der Waals surface area contributed by atoms with E-state index in [1.165, 1.54) is 47.8 Å². The summed E-state index contributed by atoms with van der Waals surface area (Å²) in [5.74, 6) is 0.861. The molecule has 2 aromatic carbocycles. The van der Waals surface area contributed by atoms with Crippen LogP contribution in [-0.2, 0) is 14.8 Å². The Balaban J connectivity index is 2.11. The van der Waals surface area contributed by atoms with Gasteiger partial charge in [0, 0.05) is 12.6 Å². The van der Waals surface area contributed by atoms with Gasteiger partial charge in [0.2, 0.25) is 15.8 Å². The molecule has 2 aromatic rings. The van der Waals surface area contributed by atoms with Crippen molar-refractivity contribution in [3.05, 3.63) is 41.5 Å². The molecule has 0 bridgehead atoms. The van der Waals surface area contributed by atoms with Crippen molar-refractivity contribution >= 4 is 22.1 Å². The van der Waals surface area contributed by atoms with E-state index >= 15 is 0 Å². The highest BCUT2D eigenvalue weighted by Crippen LogP contribution is 2.37. The van der Waals surface area contributed by atoms with E-state index in [0.717, 1.165) is 9.87 Å². The number of rotatable bonds is 10. The Bertz CT molecular complexity index is 1080. The van der Waals surface area contributed by atoms with Gasteiger partial charge in [-0.25, -0.2) is 13.8 Å². The van der Waals surface area contributed by atoms with Gasteiger partial charge >= 0.3 is 0 Å². The Labute approximate surface area is 187 Å². The maximum atomic E-state index is 12.9. The Morgan fingerprint density at radius 2 is 1.59 bits per heavy atom. The van der Waals surface area contributed by atoms with E-state index in [-0.39, 0.29) is 10.6 Å². The van der Waals surface area contributed by atoms with Crippen molar-refractivity contribution < 1.29 is 32.2 Å². The highest BCUT2D eigenvalue weighted by atomic mass is 32.2. The van der Waals surface area contributed by atoms with Gasteiger partial charge in [0.1, 0.15) is 10.6 Å². The van der Waals surface area contributed by atoms with Crippen LogP contribution in [0.4, 0.5) is 0 Å². The standard InChI is InChI=1S/C21H27N3O7S/c1-14-7-8-16(28-3)19(9-14)32(26,27)24(2)13-20(25)23-22-12-15-10-17(29-4)21(31-6)18(11-15)30-5/h7-12H,13H2,1-6H3,(H,23,25). The highest BCUT2D eigenvalue weighted by molar-refractivity contribution is 7.89. The first-order chi connectivity index (χ1) is 15.2. The first kappa shape index (κ1) is 25.0. The molecule has 0 aliphatic rings. The molecule has 32 heavy (non-hydrogen) atoms. The number of hydrazone groups is 1. The van der Waals surface area contributed by atoms with Crippen LogP contribution in [0.2, 0.25) is 0 Å². The van der Waals surface area contributed by atoms with Crippen molar-refractivity contribution in [2.75, 3.05) is 42.0 Å². The van der Waals surface area contributed by atoms with E-state index in [1.54, 1.807) is 31.2 Å². The lowest BCUT2D eigenvalue weighted by molar-refractivity contribution is -0.121. The number of sulfonamides is 1. The molecule has 174 valence electrons. The molecule has 0 heterocycles. The third kappa shape index (κ3) is 5.68. The summed E-state index contributed by atoms with van der Waals surface area (Å²) in [6, 6.07) is 8.10. The molecule has 0 saturated carbocycles. The number of nitrogens with one attached hydrogen (secondary N) is 1. The van der Waals surface area contributed by atoms with Gasteiger partial charge in [-0.2, -0.15) is 9.41 Å². The van der Waals surface area contributed by atoms with E-state index in [9.17, 15) is 13.2 Å². The smallest absolute Gasteiger partial charge is 0.255 e. The number of methoxy groups -OCH3 is 4. The van der Waals surface area contributed by atoms with Crippen LogP contribution in [0.1, 0.15) is 11.1 Å². The molecule has 0 spiro atoms. The van der Waals surface area contributed by atoms with E-state index < -0.39 is 22.5 Å². The molecular weight excluding hydrogens is 438 g/mol. The van der Waals surface area contributed by atoms with Gasteiger partial charge in [0.25, 0.3) is 5.91 Å². The van der Waals surface area contributed by atoms with Crippen LogP contribution < -0.4 is 24.4 Å². The van der Waals surface area contributed by atoms with Gasteiger partial charge in [-0.05, 0) is 36.8 Å². The molecule has 2 rings (SSSR count). The lowest BCUT2D eigenvalue weighted by atomic mass is 10.2. The first-order valence-corrected chi connectivity index (χ1v) is 10.8. The third-order valence-electron chi connectivity index (χ3n) is 4.46. The summed E-state index contributed by atoms with van der Waals surface area (Å²) in [7, 11) is 3.20. The van der Waals surface area contributed by atoms with Crippen LogP contribution in [0.15, 0.2) is 40.3 Å². The lowest BCUT2D eigenvalue weighted by Crippen LogP contribution is -2.36. The number of ether oxygens (including phenoxy) is 4. The summed E-state index contributed by atoms with van der Waals surface area (Å²) in [5.41, 5.74) is 3.63. The summed E-state index contributed by atoms with van der Waals surface area (Å²) in [4.78, 5) is 12.2. The van der Waals surface area contributed by atoms with Gasteiger partial charge in [-0.15, -0.1) is 0 Å². The Morgan fingerprint density at radius 3 is 2.12 bits per heavy atom. The van der Waals surface area contributed by atoms with E-state index in [1.807, 2.05) is 0 Å².